The molecule has 5 heteroatoms. The second-order valence-corrected chi connectivity index (χ2v) is 5.18. The van der Waals surface area contributed by atoms with Crippen LogP contribution in [0.4, 0.5) is 5.82 Å². The van der Waals surface area contributed by atoms with Gasteiger partial charge in [-0.05, 0) is 18.1 Å². The first kappa shape index (κ1) is 13.0. The molecule has 2 aromatic rings. The van der Waals surface area contributed by atoms with Crippen molar-refractivity contribution in [2.24, 2.45) is 0 Å². The topological polar surface area (TPSA) is 51.0 Å². The molecule has 0 bridgehead atoms. The van der Waals surface area contributed by atoms with Gasteiger partial charge in [0.05, 0.1) is 12.0 Å². The van der Waals surface area contributed by atoms with Gasteiger partial charge in [0.2, 0.25) is 0 Å². The molecule has 0 unspecified atom stereocenters. The van der Waals surface area contributed by atoms with Crippen LogP contribution in [0.15, 0.2) is 34.2 Å². The molecule has 0 atom stereocenters. The lowest BCUT2D eigenvalue weighted by Gasteiger charge is -2.14. The zero-order valence-electron chi connectivity index (χ0n) is 10.8. The lowest BCUT2D eigenvalue weighted by Crippen LogP contribution is -2.04. The van der Waals surface area contributed by atoms with Crippen molar-refractivity contribution in [1.29, 1.82) is 0 Å². The number of furan rings is 1. The molecule has 0 spiro atoms. The highest BCUT2D eigenvalue weighted by atomic mass is 32.2. The van der Waals surface area contributed by atoms with Crippen molar-refractivity contribution in [3.05, 3.63) is 36.0 Å². The third-order valence-corrected chi connectivity index (χ3v) is 3.62. The quantitative estimate of drug-likeness (QED) is 0.660. The molecular formula is C13H17N3OS. The number of rotatable bonds is 5. The summed E-state index contributed by atoms with van der Waals surface area (Å²) in [6, 6.07) is 3.88. The number of nitrogens with zero attached hydrogens (tertiary/aromatic N) is 2. The molecule has 2 aromatic heterocycles. The number of hydrogen-bond donors (Lipinski definition) is 1. The second-order valence-electron chi connectivity index (χ2n) is 4.21. The van der Waals surface area contributed by atoms with Gasteiger partial charge in [-0.15, -0.1) is 0 Å². The van der Waals surface area contributed by atoms with Crippen molar-refractivity contribution in [3.8, 4) is 0 Å². The molecule has 2 rings (SSSR count). The molecule has 0 aliphatic rings. The summed E-state index contributed by atoms with van der Waals surface area (Å²) in [5, 5.41) is 4.14. The fourth-order valence-corrected chi connectivity index (χ4v) is 2.80. The van der Waals surface area contributed by atoms with Crippen LogP contribution in [-0.2, 0) is 5.75 Å². The third-order valence-electron chi connectivity index (χ3n) is 2.59. The number of anilines is 1. The average Bonchev–Trinajstić information content (AvgIpc) is 2.88. The molecule has 0 aliphatic heterocycles. The lowest BCUT2D eigenvalue weighted by molar-refractivity contribution is 0.530. The first-order chi connectivity index (χ1) is 8.72. The van der Waals surface area contributed by atoms with Gasteiger partial charge in [0.1, 0.15) is 22.9 Å². The van der Waals surface area contributed by atoms with Gasteiger partial charge in [-0.25, -0.2) is 9.97 Å². The van der Waals surface area contributed by atoms with Crippen molar-refractivity contribution in [1.82, 2.24) is 9.97 Å². The van der Waals surface area contributed by atoms with Crippen LogP contribution < -0.4 is 5.32 Å². The Balaban J connectivity index is 2.21. The molecule has 1 N–H and O–H groups in total. The van der Waals surface area contributed by atoms with E-state index in [0.717, 1.165) is 27.9 Å². The molecule has 0 amide bonds. The van der Waals surface area contributed by atoms with E-state index in [2.05, 4.69) is 29.1 Å². The Labute approximate surface area is 111 Å². The van der Waals surface area contributed by atoms with E-state index in [0.29, 0.717) is 5.92 Å². The van der Waals surface area contributed by atoms with Crippen LogP contribution in [0.2, 0.25) is 0 Å². The van der Waals surface area contributed by atoms with Gasteiger partial charge >= 0.3 is 0 Å². The van der Waals surface area contributed by atoms with Crippen LogP contribution >= 0.6 is 11.8 Å². The maximum absolute atomic E-state index is 5.33. The van der Waals surface area contributed by atoms with E-state index in [1.54, 1.807) is 24.4 Å². The second kappa shape index (κ2) is 5.91. The van der Waals surface area contributed by atoms with Crippen LogP contribution in [0, 0.1) is 0 Å². The zero-order chi connectivity index (χ0) is 13.0. The summed E-state index contributed by atoms with van der Waals surface area (Å²) in [7, 11) is 1.88. The Bertz CT molecular complexity index is 497. The maximum Gasteiger partial charge on any atom is 0.133 e. The minimum atomic E-state index is 0.382. The van der Waals surface area contributed by atoms with E-state index in [1.807, 2.05) is 19.2 Å². The van der Waals surface area contributed by atoms with Crippen molar-refractivity contribution >= 4 is 17.6 Å². The molecule has 0 saturated carbocycles. The highest BCUT2D eigenvalue weighted by Gasteiger charge is 2.14. The minimum absolute atomic E-state index is 0.382. The van der Waals surface area contributed by atoms with E-state index >= 15 is 0 Å². The third kappa shape index (κ3) is 2.85. The molecule has 0 saturated heterocycles. The van der Waals surface area contributed by atoms with Crippen LogP contribution in [-0.4, -0.2) is 17.0 Å². The largest absolute Gasteiger partial charge is 0.468 e. The SMILES string of the molecule is CNc1ncnc(SCc2ccco2)c1C(C)C. The lowest BCUT2D eigenvalue weighted by atomic mass is 10.1. The van der Waals surface area contributed by atoms with Gasteiger partial charge in [-0.1, -0.05) is 25.6 Å². The van der Waals surface area contributed by atoms with Crippen molar-refractivity contribution in [2.45, 2.75) is 30.5 Å². The zero-order valence-corrected chi connectivity index (χ0v) is 11.6. The first-order valence-corrected chi connectivity index (χ1v) is 6.88. The van der Waals surface area contributed by atoms with Gasteiger partial charge in [0.25, 0.3) is 0 Å². The van der Waals surface area contributed by atoms with Crippen molar-refractivity contribution < 1.29 is 4.42 Å². The molecular weight excluding hydrogens is 246 g/mol. The smallest absolute Gasteiger partial charge is 0.133 e. The van der Waals surface area contributed by atoms with E-state index in [4.69, 9.17) is 4.42 Å². The highest BCUT2D eigenvalue weighted by Crippen LogP contribution is 2.32. The summed E-state index contributed by atoms with van der Waals surface area (Å²) in [5.74, 6) is 3.03. The number of aromatic nitrogens is 2. The summed E-state index contributed by atoms with van der Waals surface area (Å²) in [4.78, 5) is 8.64. The first-order valence-electron chi connectivity index (χ1n) is 5.90. The number of hydrogen-bond acceptors (Lipinski definition) is 5. The van der Waals surface area contributed by atoms with Crippen LogP contribution in [0.5, 0.6) is 0 Å². The Morgan fingerprint density at radius 3 is 2.83 bits per heavy atom. The molecule has 0 aliphatic carbocycles. The molecule has 18 heavy (non-hydrogen) atoms. The summed E-state index contributed by atoms with van der Waals surface area (Å²) in [5.41, 5.74) is 1.16. The molecule has 0 radical (unpaired) electrons. The monoisotopic (exact) mass is 263 g/mol. The fourth-order valence-electron chi connectivity index (χ4n) is 1.75. The highest BCUT2D eigenvalue weighted by molar-refractivity contribution is 7.98. The predicted octanol–water partition coefficient (Wildman–Crippen LogP) is 3.53. The van der Waals surface area contributed by atoms with Crippen LogP contribution in [0.3, 0.4) is 0 Å². The van der Waals surface area contributed by atoms with E-state index in [-0.39, 0.29) is 0 Å². The summed E-state index contributed by atoms with van der Waals surface area (Å²) >= 11 is 1.68. The normalized spacial score (nSPS) is 10.9. The Morgan fingerprint density at radius 2 is 2.22 bits per heavy atom. The maximum atomic E-state index is 5.33. The van der Waals surface area contributed by atoms with Crippen molar-refractivity contribution in [2.75, 3.05) is 12.4 Å². The molecule has 96 valence electrons. The molecule has 2 heterocycles. The van der Waals surface area contributed by atoms with E-state index in [1.165, 1.54) is 0 Å². The Kier molecular flexibility index (Phi) is 4.25. The predicted molar refractivity (Wildman–Crippen MR) is 73.9 cm³/mol. The van der Waals surface area contributed by atoms with Gasteiger partial charge in [-0.3, -0.25) is 0 Å². The molecule has 0 fully saturated rings. The average molecular weight is 263 g/mol. The summed E-state index contributed by atoms with van der Waals surface area (Å²) < 4.78 is 5.33. The van der Waals surface area contributed by atoms with Gasteiger partial charge in [0, 0.05) is 12.6 Å². The van der Waals surface area contributed by atoms with Gasteiger partial charge in [0.15, 0.2) is 0 Å². The minimum Gasteiger partial charge on any atom is -0.468 e. The van der Waals surface area contributed by atoms with Crippen LogP contribution in [0.1, 0.15) is 31.1 Å². The van der Waals surface area contributed by atoms with E-state index in [9.17, 15) is 0 Å². The Hall–Kier alpha value is -1.49. The van der Waals surface area contributed by atoms with Crippen molar-refractivity contribution in [3.63, 3.8) is 0 Å². The number of nitrogens with one attached hydrogen (secondary N) is 1. The van der Waals surface area contributed by atoms with Gasteiger partial charge < -0.3 is 9.73 Å². The summed E-state index contributed by atoms with van der Waals surface area (Å²) in [6.07, 6.45) is 3.29. The standard InChI is InChI=1S/C13H17N3OS/c1-9(2)11-12(14-3)15-8-16-13(11)18-7-10-5-4-6-17-10/h4-6,8-9H,7H2,1-3H3,(H,14,15,16). The number of thioether (sulfide) groups is 1. The Morgan fingerprint density at radius 1 is 1.39 bits per heavy atom. The van der Waals surface area contributed by atoms with Gasteiger partial charge in [-0.2, -0.15) is 0 Å². The van der Waals surface area contributed by atoms with E-state index < -0.39 is 0 Å². The fraction of sp³-hybridized carbons (Fsp3) is 0.385. The molecule has 4 nitrogen and oxygen atoms in total. The molecule has 0 aromatic carbocycles. The summed E-state index contributed by atoms with van der Waals surface area (Å²) in [6.45, 7) is 4.30. The van der Waals surface area contributed by atoms with Crippen LogP contribution in [0.25, 0.3) is 0 Å².